The highest BCUT2D eigenvalue weighted by Crippen LogP contribution is 2.30. The molecule has 4 aromatic rings. The van der Waals surface area contributed by atoms with Gasteiger partial charge in [0.25, 0.3) is 5.91 Å². The average Bonchev–Trinajstić information content (AvgIpc) is 3.14. The summed E-state index contributed by atoms with van der Waals surface area (Å²) in [5.41, 5.74) is 2.96. The number of anilines is 1. The number of aromatic nitrogens is 2. The molecule has 1 atom stereocenters. The van der Waals surface area contributed by atoms with Gasteiger partial charge in [-0.2, -0.15) is 8.78 Å². The van der Waals surface area contributed by atoms with Crippen molar-refractivity contribution in [3.63, 3.8) is 0 Å². The Morgan fingerprint density at radius 2 is 1.77 bits per heavy atom. The van der Waals surface area contributed by atoms with Crippen molar-refractivity contribution in [2.75, 3.05) is 5.32 Å². The van der Waals surface area contributed by atoms with Crippen molar-refractivity contribution >= 4 is 22.6 Å². The fourth-order valence-corrected chi connectivity index (χ4v) is 3.34. The van der Waals surface area contributed by atoms with Gasteiger partial charge in [0, 0.05) is 11.3 Å². The Morgan fingerprint density at radius 1 is 1.03 bits per heavy atom. The first kappa shape index (κ1) is 20.5. The highest BCUT2D eigenvalue weighted by molar-refractivity contribution is 5.94. The highest BCUT2D eigenvalue weighted by atomic mass is 19.3. The van der Waals surface area contributed by atoms with Crippen LogP contribution in [0.5, 0.6) is 5.75 Å². The third-order valence-corrected chi connectivity index (χ3v) is 4.87. The second-order valence-corrected chi connectivity index (χ2v) is 7.21. The van der Waals surface area contributed by atoms with Crippen molar-refractivity contribution in [2.24, 2.45) is 0 Å². The van der Waals surface area contributed by atoms with E-state index in [2.05, 4.69) is 10.3 Å². The summed E-state index contributed by atoms with van der Waals surface area (Å²) in [4.78, 5) is 16.8. The molecule has 1 N–H and O–H groups in total. The lowest BCUT2D eigenvalue weighted by atomic mass is 10.2. The number of nitrogens with zero attached hydrogens (tertiary/aromatic N) is 2. The number of hydrogen-bond donors (Lipinski definition) is 1. The summed E-state index contributed by atoms with van der Waals surface area (Å²) in [7, 11) is 0. The van der Waals surface area contributed by atoms with Gasteiger partial charge in [0.05, 0.1) is 11.0 Å². The van der Waals surface area contributed by atoms with E-state index in [4.69, 9.17) is 4.74 Å². The molecule has 158 valence electrons. The first-order valence-corrected chi connectivity index (χ1v) is 9.82. The summed E-state index contributed by atoms with van der Waals surface area (Å²) in [6.07, 6.45) is -0.704. The second kappa shape index (κ2) is 8.55. The smallest absolute Gasteiger partial charge is 0.320 e. The maximum Gasteiger partial charge on any atom is 0.320 e. The first-order valence-electron chi connectivity index (χ1n) is 9.82. The lowest BCUT2D eigenvalue weighted by Gasteiger charge is -2.15. The standard InChI is InChI=1S/C24H21F2N3O2/c1-15-6-5-7-19(14-15)31-16(2)23(30)27-18-12-10-17(11-13-18)22-28-20-8-3-4-9-21(20)29(22)24(25)26/h3-14,16,24H,1-2H3,(H,27,30). The molecule has 7 heteroatoms. The van der Waals surface area contributed by atoms with Gasteiger partial charge in [0.15, 0.2) is 6.10 Å². The number of nitrogens with one attached hydrogen (secondary N) is 1. The lowest BCUT2D eigenvalue weighted by Crippen LogP contribution is -2.30. The van der Waals surface area contributed by atoms with E-state index in [1.165, 1.54) is 0 Å². The molecule has 4 rings (SSSR count). The molecule has 1 amide bonds. The molecule has 0 saturated carbocycles. The zero-order valence-electron chi connectivity index (χ0n) is 17.0. The predicted molar refractivity (Wildman–Crippen MR) is 116 cm³/mol. The Balaban J connectivity index is 1.50. The number of hydrogen-bond acceptors (Lipinski definition) is 3. The van der Waals surface area contributed by atoms with Gasteiger partial charge < -0.3 is 10.1 Å². The van der Waals surface area contributed by atoms with Crippen molar-refractivity contribution in [1.29, 1.82) is 0 Å². The third-order valence-electron chi connectivity index (χ3n) is 4.87. The van der Waals surface area contributed by atoms with Crippen LogP contribution in [0.25, 0.3) is 22.4 Å². The molecule has 0 bridgehead atoms. The first-order chi connectivity index (χ1) is 14.9. The van der Waals surface area contributed by atoms with Crippen LogP contribution in [0.3, 0.4) is 0 Å². The minimum atomic E-state index is -2.72. The largest absolute Gasteiger partial charge is 0.481 e. The van der Waals surface area contributed by atoms with Crippen LogP contribution in [0.2, 0.25) is 0 Å². The molecule has 0 saturated heterocycles. The number of fused-ring (bicyclic) bond motifs is 1. The molecular formula is C24H21F2N3O2. The van der Waals surface area contributed by atoms with Crippen LogP contribution in [-0.4, -0.2) is 21.6 Å². The van der Waals surface area contributed by atoms with E-state index >= 15 is 0 Å². The molecule has 31 heavy (non-hydrogen) atoms. The van der Waals surface area contributed by atoms with Gasteiger partial charge in [-0.3, -0.25) is 9.36 Å². The van der Waals surface area contributed by atoms with E-state index in [0.717, 1.165) is 10.1 Å². The molecule has 1 unspecified atom stereocenters. The molecule has 3 aromatic carbocycles. The van der Waals surface area contributed by atoms with E-state index in [-0.39, 0.29) is 11.7 Å². The molecule has 0 aliphatic carbocycles. The quantitative estimate of drug-likeness (QED) is 0.427. The van der Waals surface area contributed by atoms with Crippen LogP contribution in [0.1, 0.15) is 19.0 Å². The predicted octanol–water partition coefficient (Wildman–Crippen LogP) is 5.81. The molecule has 0 aliphatic rings. The number of rotatable bonds is 6. The van der Waals surface area contributed by atoms with E-state index in [1.54, 1.807) is 61.5 Å². The zero-order valence-corrected chi connectivity index (χ0v) is 17.0. The minimum absolute atomic E-state index is 0.172. The van der Waals surface area contributed by atoms with Crippen LogP contribution in [0.4, 0.5) is 14.5 Å². The van der Waals surface area contributed by atoms with Gasteiger partial charge in [-0.15, -0.1) is 0 Å². The number of ether oxygens (including phenoxy) is 1. The number of carbonyl (C=O) groups is 1. The van der Waals surface area contributed by atoms with Gasteiger partial charge in [0.1, 0.15) is 11.6 Å². The summed E-state index contributed by atoms with van der Waals surface area (Å²) >= 11 is 0. The number of aryl methyl sites for hydroxylation is 1. The number of alkyl halides is 2. The maximum atomic E-state index is 13.7. The highest BCUT2D eigenvalue weighted by Gasteiger charge is 2.19. The van der Waals surface area contributed by atoms with Crippen molar-refractivity contribution < 1.29 is 18.3 Å². The number of para-hydroxylation sites is 2. The SMILES string of the molecule is Cc1cccc(OC(C)C(=O)Nc2ccc(-c3nc4ccccc4n3C(F)F)cc2)c1. The maximum absolute atomic E-state index is 13.7. The Hall–Kier alpha value is -3.74. The Bertz CT molecular complexity index is 1220. The van der Waals surface area contributed by atoms with E-state index in [0.29, 0.717) is 28.0 Å². The Kier molecular flexibility index (Phi) is 5.66. The zero-order chi connectivity index (χ0) is 22.0. The van der Waals surface area contributed by atoms with Crippen LogP contribution >= 0.6 is 0 Å². The average molecular weight is 421 g/mol. The Labute approximate surface area is 178 Å². The topological polar surface area (TPSA) is 56.1 Å². The summed E-state index contributed by atoms with van der Waals surface area (Å²) in [6, 6.07) is 20.8. The van der Waals surface area contributed by atoms with E-state index in [9.17, 15) is 13.6 Å². The Morgan fingerprint density at radius 3 is 2.48 bits per heavy atom. The van der Waals surface area contributed by atoms with Crippen LogP contribution in [0, 0.1) is 6.92 Å². The fraction of sp³-hybridized carbons (Fsp3) is 0.167. The van der Waals surface area contributed by atoms with Crippen molar-refractivity contribution in [1.82, 2.24) is 9.55 Å². The number of halogens is 2. The normalized spacial score (nSPS) is 12.2. The summed E-state index contributed by atoms with van der Waals surface area (Å²) < 4.78 is 33.9. The van der Waals surface area contributed by atoms with Crippen LogP contribution in [0.15, 0.2) is 72.8 Å². The third kappa shape index (κ3) is 4.40. The lowest BCUT2D eigenvalue weighted by molar-refractivity contribution is -0.122. The van der Waals surface area contributed by atoms with E-state index in [1.807, 2.05) is 25.1 Å². The van der Waals surface area contributed by atoms with Gasteiger partial charge in [-0.1, -0.05) is 24.3 Å². The molecule has 0 radical (unpaired) electrons. The molecule has 0 spiro atoms. The van der Waals surface area contributed by atoms with Gasteiger partial charge in [-0.05, 0) is 67.9 Å². The van der Waals surface area contributed by atoms with Gasteiger partial charge in [-0.25, -0.2) is 4.98 Å². The van der Waals surface area contributed by atoms with Crippen molar-refractivity contribution in [2.45, 2.75) is 26.5 Å². The van der Waals surface area contributed by atoms with E-state index < -0.39 is 12.7 Å². The van der Waals surface area contributed by atoms with Crippen LogP contribution in [-0.2, 0) is 4.79 Å². The molecule has 0 aliphatic heterocycles. The second-order valence-electron chi connectivity index (χ2n) is 7.21. The number of imidazole rings is 1. The fourth-order valence-electron chi connectivity index (χ4n) is 3.34. The number of amides is 1. The molecule has 5 nitrogen and oxygen atoms in total. The minimum Gasteiger partial charge on any atom is -0.481 e. The van der Waals surface area contributed by atoms with Crippen molar-refractivity contribution in [3.05, 3.63) is 78.4 Å². The van der Waals surface area contributed by atoms with Gasteiger partial charge in [0.2, 0.25) is 0 Å². The monoisotopic (exact) mass is 421 g/mol. The number of carbonyl (C=O) groups excluding carboxylic acids is 1. The van der Waals surface area contributed by atoms with Gasteiger partial charge >= 0.3 is 6.55 Å². The molecular weight excluding hydrogens is 400 g/mol. The molecule has 1 aromatic heterocycles. The molecule has 1 heterocycles. The molecule has 0 fully saturated rings. The summed E-state index contributed by atoms with van der Waals surface area (Å²) in [5.74, 6) is 0.475. The van der Waals surface area contributed by atoms with Crippen LogP contribution < -0.4 is 10.1 Å². The van der Waals surface area contributed by atoms with Crippen molar-refractivity contribution in [3.8, 4) is 17.1 Å². The summed E-state index contributed by atoms with van der Waals surface area (Å²) in [5, 5.41) is 2.78. The summed E-state index contributed by atoms with van der Waals surface area (Å²) in [6.45, 7) is 0.889. The number of benzene rings is 3.